The summed E-state index contributed by atoms with van der Waals surface area (Å²) in [6.07, 6.45) is -0.916. The molecule has 1 aliphatic heterocycles. The number of sulfone groups is 1. The second-order valence-electron chi connectivity index (χ2n) is 3.33. The summed E-state index contributed by atoms with van der Waals surface area (Å²) in [5.41, 5.74) is 0. The molecule has 5 nitrogen and oxygen atoms in total. The molecule has 2 atom stereocenters. The summed E-state index contributed by atoms with van der Waals surface area (Å²) in [6, 6.07) is 0. The minimum Gasteiger partial charge on any atom is -0.481 e. The van der Waals surface area contributed by atoms with Crippen molar-refractivity contribution in [2.45, 2.75) is 18.9 Å². The molecule has 0 saturated carbocycles. The standard InChI is InChI=1S/C7H12O5S/c8-6-1-2-13(11,12)4-5(6)3-7(9)10/h5-6,8H,1-4H2,(H,9,10)/t5-,6-/m0/s1. The van der Waals surface area contributed by atoms with Gasteiger partial charge in [-0.2, -0.15) is 0 Å². The number of carbonyl (C=O) groups is 1. The third kappa shape index (κ3) is 2.96. The van der Waals surface area contributed by atoms with Crippen molar-refractivity contribution in [2.75, 3.05) is 11.5 Å². The fourth-order valence-electron chi connectivity index (χ4n) is 1.48. The van der Waals surface area contributed by atoms with Gasteiger partial charge in [-0.05, 0) is 6.42 Å². The zero-order chi connectivity index (χ0) is 10.1. The summed E-state index contributed by atoms with van der Waals surface area (Å²) in [6.45, 7) is 0. The Balaban J connectivity index is 2.66. The molecule has 0 amide bonds. The maximum atomic E-state index is 11.1. The molecule has 1 aliphatic rings. The molecule has 0 aromatic carbocycles. The van der Waals surface area contributed by atoms with Gasteiger partial charge in [-0.25, -0.2) is 8.42 Å². The molecular formula is C7H12O5S. The fourth-order valence-corrected chi connectivity index (χ4v) is 3.24. The smallest absolute Gasteiger partial charge is 0.303 e. The maximum Gasteiger partial charge on any atom is 0.303 e. The fraction of sp³-hybridized carbons (Fsp3) is 0.857. The Morgan fingerprint density at radius 1 is 1.46 bits per heavy atom. The van der Waals surface area contributed by atoms with Crippen molar-refractivity contribution in [3.05, 3.63) is 0 Å². The Kier molecular flexibility index (Phi) is 2.92. The molecule has 0 bridgehead atoms. The van der Waals surface area contributed by atoms with Gasteiger partial charge in [-0.3, -0.25) is 4.79 Å². The van der Waals surface area contributed by atoms with Crippen LogP contribution in [-0.2, 0) is 14.6 Å². The molecule has 0 aromatic rings. The van der Waals surface area contributed by atoms with E-state index in [1.165, 1.54) is 0 Å². The lowest BCUT2D eigenvalue weighted by molar-refractivity contribution is -0.138. The van der Waals surface area contributed by atoms with E-state index in [2.05, 4.69) is 0 Å². The molecule has 0 radical (unpaired) electrons. The van der Waals surface area contributed by atoms with E-state index in [4.69, 9.17) is 5.11 Å². The Morgan fingerprint density at radius 2 is 2.08 bits per heavy atom. The Bertz CT molecular complexity index is 294. The molecule has 0 unspecified atom stereocenters. The van der Waals surface area contributed by atoms with E-state index in [1.54, 1.807) is 0 Å². The largest absolute Gasteiger partial charge is 0.481 e. The second kappa shape index (κ2) is 3.63. The maximum absolute atomic E-state index is 11.1. The molecule has 13 heavy (non-hydrogen) atoms. The van der Waals surface area contributed by atoms with Crippen molar-refractivity contribution in [1.82, 2.24) is 0 Å². The summed E-state index contributed by atoms with van der Waals surface area (Å²) in [5.74, 6) is -1.96. The highest BCUT2D eigenvalue weighted by Crippen LogP contribution is 2.21. The van der Waals surface area contributed by atoms with Crippen LogP contribution in [0.15, 0.2) is 0 Å². The highest BCUT2D eigenvalue weighted by Gasteiger charge is 2.33. The SMILES string of the molecule is O=C(O)C[C@H]1CS(=O)(=O)CC[C@@H]1O. The first-order chi connectivity index (χ1) is 5.91. The first-order valence-corrected chi connectivity index (χ1v) is 5.83. The van der Waals surface area contributed by atoms with E-state index in [1.807, 2.05) is 0 Å². The van der Waals surface area contributed by atoms with Crippen LogP contribution in [0.4, 0.5) is 0 Å². The minimum absolute atomic E-state index is 0.0374. The van der Waals surface area contributed by atoms with Gasteiger partial charge in [0, 0.05) is 5.92 Å². The van der Waals surface area contributed by atoms with Gasteiger partial charge in [0.25, 0.3) is 0 Å². The van der Waals surface area contributed by atoms with Crippen molar-refractivity contribution in [1.29, 1.82) is 0 Å². The Labute approximate surface area is 76.3 Å². The van der Waals surface area contributed by atoms with Gasteiger partial charge in [-0.15, -0.1) is 0 Å². The van der Waals surface area contributed by atoms with Crippen molar-refractivity contribution >= 4 is 15.8 Å². The lowest BCUT2D eigenvalue weighted by Crippen LogP contribution is -2.37. The third-order valence-corrected chi connectivity index (χ3v) is 3.97. The average molecular weight is 208 g/mol. The van der Waals surface area contributed by atoms with Crippen LogP contribution >= 0.6 is 0 Å². The predicted molar refractivity (Wildman–Crippen MR) is 45.0 cm³/mol. The molecule has 1 rings (SSSR count). The quantitative estimate of drug-likeness (QED) is 0.623. The van der Waals surface area contributed by atoms with Gasteiger partial charge in [0.15, 0.2) is 9.84 Å². The van der Waals surface area contributed by atoms with Gasteiger partial charge in [-0.1, -0.05) is 0 Å². The first kappa shape index (κ1) is 10.5. The van der Waals surface area contributed by atoms with Crippen molar-refractivity contribution < 1.29 is 23.4 Å². The van der Waals surface area contributed by atoms with E-state index in [9.17, 15) is 18.3 Å². The summed E-state index contributed by atoms with van der Waals surface area (Å²) in [7, 11) is -3.13. The summed E-state index contributed by atoms with van der Waals surface area (Å²) in [4.78, 5) is 10.3. The van der Waals surface area contributed by atoms with Crippen LogP contribution in [0.2, 0.25) is 0 Å². The predicted octanol–water partition coefficient (Wildman–Crippen LogP) is -0.743. The van der Waals surface area contributed by atoms with Gasteiger partial charge in [0.2, 0.25) is 0 Å². The van der Waals surface area contributed by atoms with Crippen LogP contribution < -0.4 is 0 Å². The van der Waals surface area contributed by atoms with Crippen LogP contribution in [0.1, 0.15) is 12.8 Å². The third-order valence-electron chi connectivity index (χ3n) is 2.17. The topological polar surface area (TPSA) is 91.7 Å². The van der Waals surface area contributed by atoms with Crippen LogP contribution in [-0.4, -0.2) is 42.2 Å². The van der Waals surface area contributed by atoms with Gasteiger partial charge >= 0.3 is 5.97 Å². The molecule has 76 valence electrons. The molecule has 1 saturated heterocycles. The van der Waals surface area contributed by atoms with Crippen LogP contribution in [0.5, 0.6) is 0 Å². The molecule has 2 N–H and O–H groups in total. The number of carboxylic acid groups (broad SMARTS) is 1. The van der Waals surface area contributed by atoms with Crippen LogP contribution in [0.3, 0.4) is 0 Å². The lowest BCUT2D eigenvalue weighted by Gasteiger charge is -2.25. The zero-order valence-corrected chi connectivity index (χ0v) is 7.83. The molecule has 0 spiro atoms. The number of aliphatic hydroxyl groups is 1. The lowest BCUT2D eigenvalue weighted by atomic mass is 9.98. The van der Waals surface area contributed by atoms with Gasteiger partial charge in [0.05, 0.1) is 24.0 Å². The molecule has 1 fully saturated rings. The van der Waals surface area contributed by atoms with E-state index in [-0.39, 0.29) is 24.3 Å². The zero-order valence-electron chi connectivity index (χ0n) is 7.01. The average Bonchev–Trinajstić information content (AvgIpc) is 1.95. The van der Waals surface area contributed by atoms with E-state index in [0.717, 1.165) is 0 Å². The molecule has 0 aromatic heterocycles. The molecule has 6 heteroatoms. The molecule has 0 aliphatic carbocycles. The number of hydrogen-bond donors (Lipinski definition) is 2. The van der Waals surface area contributed by atoms with Crippen LogP contribution in [0, 0.1) is 5.92 Å². The van der Waals surface area contributed by atoms with Crippen LogP contribution in [0.25, 0.3) is 0 Å². The number of aliphatic hydroxyl groups excluding tert-OH is 1. The number of carboxylic acids is 1. The number of hydrogen-bond acceptors (Lipinski definition) is 4. The Morgan fingerprint density at radius 3 is 2.62 bits per heavy atom. The highest BCUT2D eigenvalue weighted by molar-refractivity contribution is 7.91. The van der Waals surface area contributed by atoms with Crippen molar-refractivity contribution in [2.24, 2.45) is 5.92 Å². The summed E-state index contributed by atoms with van der Waals surface area (Å²) >= 11 is 0. The molecule has 1 heterocycles. The van der Waals surface area contributed by atoms with E-state index < -0.39 is 27.8 Å². The number of rotatable bonds is 2. The van der Waals surface area contributed by atoms with Gasteiger partial charge < -0.3 is 10.2 Å². The summed E-state index contributed by atoms with van der Waals surface area (Å²) in [5, 5.41) is 17.8. The van der Waals surface area contributed by atoms with E-state index >= 15 is 0 Å². The highest BCUT2D eigenvalue weighted by atomic mass is 32.2. The normalized spacial score (nSPS) is 32.7. The molecular weight excluding hydrogens is 196 g/mol. The van der Waals surface area contributed by atoms with E-state index in [0.29, 0.717) is 0 Å². The van der Waals surface area contributed by atoms with Crippen molar-refractivity contribution in [3.8, 4) is 0 Å². The minimum atomic E-state index is -3.13. The first-order valence-electron chi connectivity index (χ1n) is 4.01. The number of aliphatic carboxylic acids is 1. The van der Waals surface area contributed by atoms with Crippen molar-refractivity contribution in [3.63, 3.8) is 0 Å². The summed E-state index contributed by atoms with van der Waals surface area (Å²) < 4.78 is 22.2. The van der Waals surface area contributed by atoms with Gasteiger partial charge in [0.1, 0.15) is 0 Å². The monoisotopic (exact) mass is 208 g/mol. The second-order valence-corrected chi connectivity index (χ2v) is 5.56. The Hall–Kier alpha value is -0.620.